The first kappa shape index (κ1) is 9.34. The molecule has 1 aromatic rings. The van der Waals surface area contributed by atoms with E-state index < -0.39 is 0 Å². The number of rotatable bonds is 0. The van der Waals surface area contributed by atoms with E-state index in [2.05, 4.69) is 48.9 Å². The zero-order valence-corrected chi connectivity index (χ0v) is 6.55. The Labute approximate surface area is 75.7 Å². The Morgan fingerprint density at radius 3 is 1.89 bits per heavy atom. The van der Waals surface area contributed by atoms with Crippen LogP contribution in [0.2, 0.25) is 0 Å². The molecule has 0 saturated carbocycles. The fraction of sp³-hybridized carbons (Fsp3) is 0.143. The maximum absolute atomic E-state index is 2.12. The fourth-order valence-corrected chi connectivity index (χ4v) is 0.637. The Kier molecular flexibility index (Phi) is 4.36. The molecule has 2 heteroatoms. The molecule has 0 N–H and O–H groups in total. The van der Waals surface area contributed by atoms with Crippen molar-refractivity contribution in [1.29, 1.82) is 0 Å². The van der Waals surface area contributed by atoms with Crippen molar-refractivity contribution in [3.05, 3.63) is 29.8 Å². The number of aryl methyl sites for hydroxylation is 1. The van der Waals surface area contributed by atoms with Crippen molar-refractivity contribution in [3.63, 3.8) is 0 Å². The molecule has 0 heterocycles. The average molecular weight is 162 g/mol. The van der Waals surface area contributed by atoms with Crippen LogP contribution < -0.4 is 4.24 Å². The van der Waals surface area contributed by atoms with Gasteiger partial charge in [-0.2, -0.15) is 0 Å². The second kappa shape index (κ2) is 4.20. The summed E-state index contributed by atoms with van der Waals surface area (Å²) in [5, 5.41) is 0. The van der Waals surface area contributed by atoms with Crippen LogP contribution in [0.5, 0.6) is 0 Å². The van der Waals surface area contributed by atoms with Gasteiger partial charge in [-0.15, -0.1) is 0 Å². The molecule has 0 fully saturated rings. The minimum absolute atomic E-state index is 0. The number of hydrogen-bond donors (Lipinski definition) is 0. The molecule has 0 spiro atoms. The quantitative estimate of drug-likeness (QED) is 0.494. The first-order valence-electron chi connectivity index (χ1n) is 2.82. The molecule has 47 valence electrons. The molecule has 0 aliphatic heterocycles. The maximum atomic E-state index is 2.12. The Balaban J connectivity index is 0.000000640. The van der Waals surface area contributed by atoms with Gasteiger partial charge in [0.15, 0.2) is 0 Å². The van der Waals surface area contributed by atoms with Crippen LogP contribution in [0.1, 0.15) is 5.56 Å². The van der Waals surface area contributed by atoms with E-state index in [1.807, 2.05) is 0 Å². The molecule has 0 saturated heterocycles. The Bertz CT molecular complexity index is 148. The molecule has 0 aliphatic rings. The molecule has 0 nitrogen and oxygen atoms in total. The van der Waals surface area contributed by atoms with Crippen molar-refractivity contribution in [1.82, 2.24) is 0 Å². The molecule has 0 aliphatic carbocycles. The molecule has 0 bridgehead atoms. The summed E-state index contributed by atoms with van der Waals surface area (Å²) in [6.45, 7) is 2.10. The molecule has 9 heavy (non-hydrogen) atoms. The third kappa shape index (κ3) is 3.13. The van der Waals surface area contributed by atoms with Crippen LogP contribution in [0.15, 0.2) is 24.3 Å². The summed E-state index contributed by atoms with van der Waals surface area (Å²) in [5.74, 6) is 0. The second-order valence-corrected chi connectivity index (χ2v) is 2.15. The van der Waals surface area contributed by atoms with Crippen LogP contribution in [0, 0.1) is 6.92 Å². The van der Waals surface area contributed by atoms with Crippen molar-refractivity contribution in [2.75, 3.05) is 0 Å². The van der Waals surface area contributed by atoms with Crippen molar-refractivity contribution in [2.45, 2.75) is 6.92 Å². The summed E-state index contributed by atoms with van der Waals surface area (Å²) in [6.07, 6.45) is 0. The van der Waals surface area contributed by atoms with Gasteiger partial charge in [0.2, 0.25) is 0 Å². The van der Waals surface area contributed by atoms with E-state index in [9.17, 15) is 0 Å². The first-order valence-corrected chi connectivity index (χ1v) is 2.82. The molecule has 1 rings (SSSR count). The standard InChI is InChI=1S/C7H7.Cu.Li/c1-7-5-3-2-4-6-7;;/h3-6H,1H3;;. The van der Waals surface area contributed by atoms with E-state index >= 15 is 0 Å². The Hall–Kier alpha value is 0.337. The predicted octanol–water partition coefficient (Wildman–Crippen LogP) is 0.786. The zero-order chi connectivity index (χ0) is 5.98. The molecular formula is C7H7CuLi. The van der Waals surface area contributed by atoms with Crippen LogP contribution >= 0.6 is 0 Å². The minimum atomic E-state index is 0. The van der Waals surface area contributed by atoms with Crippen molar-refractivity contribution in [2.24, 2.45) is 0 Å². The van der Waals surface area contributed by atoms with Gasteiger partial charge >= 0.3 is 58.7 Å². The monoisotopic (exact) mass is 161 g/mol. The van der Waals surface area contributed by atoms with Gasteiger partial charge in [-0.05, 0) is 0 Å². The van der Waals surface area contributed by atoms with Gasteiger partial charge in [-0.25, -0.2) is 0 Å². The normalized spacial score (nSPS) is 8.33. The van der Waals surface area contributed by atoms with Crippen LogP contribution in [0.3, 0.4) is 0 Å². The number of benzene rings is 1. The third-order valence-corrected chi connectivity index (χ3v) is 1.22. The van der Waals surface area contributed by atoms with Gasteiger partial charge in [0.05, 0.1) is 0 Å². The van der Waals surface area contributed by atoms with Crippen molar-refractivity contribution >= 4 is 22.0 Å². The van der Waals surface area contributed by atoms with Gasteiger partial charge in [0.25, 0.3) is 0 Å². The second-order valence-electron chi connectivity index (χ2n) is 2.15. The summed E-state index contributed by atoms with van der Waals surface area (Å²) >= 11 is 2.10. The van der Waals surface area contributed by atoms with Crippen LogP contribution in [-0.4, -0.2) is 17.7 Å². The van der Waals surface area contributed by atoms with E-state index in [4.69, 9.17) is 0 Å². The molecule has 0 atom stereocenters. The van der Waals surface area contributed by atoms with E-state index in [-0.39, 0.29) is 17.1 Å². The average Bonchev–Trinajstić information content (AvgIpc) is 1.77. The van der Waals surface area contributed by atoms with Gasteiger partial charge < -0.3 is 0 Å². The van der Waals surface area contributed by atoms with E-state index in [1.54, 1.807) is 0 Å². The Morgan fingerprint density at radius 2 is 1.56 bits per heavy atom. The summed E-state index contributed by atoms with van der Waals surface area (Å²) in [7, 11) is 0. The van der Waals surface area contributed by atoms with Gasteiger partial charge in [0, 0.05) is 17.1 Å². The van der Waals surface area contributed by atoms with Crippen LogP contribution in [0.25, 0.3) is 0 Å². The van der Waals surface area contributed by atoms with Crippen LogP contribution in [-0.2, 0) is 17.1 Å². The van der Waals surface area contributed by atoms with Crippen LogP contribution in [0.4, 0.5) is 0 Å². The summed E-state index contributed by atoms with van der Waals surface area (Å²) in [6, 6.07) is 8.48. The summed E-state index contributed by atoms with van der Waals surface area (Å²) in [5.41, 5.74) is 1.33. The van der Waals surface area contributed by atoms with Crippen molar-refractivity contribution < 1.29 is 17.1 Å². The fourth-order valence-electron chi connectivity index (χ4n) is 0.637. The molecule has 1 radical (unpaired) electrons. The summed E-state index contributed by atoms with van der Waals surface area (Å²) < 4.78 is 1.33. The summed E-state index contributed by atoms with van der Waals surface area (Å²) in [4.78, 5) is 0. The molecule has 0 unspecified atom stereocenters. The van der Waals surface area contributed by atoms with Gasteiger partial charge in [-0.1, -0.05) is 0 Å². The molecule has 0 amide bonds. The first-order chi connectivity index (χ1) is 3.79. The topological polar surface area (TPSA) is 0 Å². The van der Waals surface area contributed by atoms with E-state index in [0.717, 1.165) is 0 Å². The third-order valence-electron chi connectivity index (χ3n) is 1.22. The molecule has 0 aromatic heterocycles. The number of hydrogen-bond acceptors (Lipinski definition) is 0. The van der Waals surface area contributed by atoms with Crippen molar-refractivity contribution in [3.8, 4) is 0 Å². The predicted molar refractivity (Wildman–Crippen MR) is 36.6 cm³/mol. The van der Waals surface area contributed by atoms with E-state index in [0.29, 0.717) is 0 Å². The zero-order valence-electron chi connectivity index (χ0n) is 5.61. The SMILES string of the molecule is [Cu].[Li][c]1ccc(C)cc1. The Morgan fingerprint density at radius 1 is 1.11 bits per heavy atom. The van der Waals surface area contributed by atoms with E-state index in [1.165, 1.54) is 9.80 Å². The van der Waals surface area contributed by atoms with Gasteiger partial charge in [-0.3, -0.25) is 0 Å². The molecular weight excluding hydrogens is 155 g/mol. The molecule has 1 aromatic carbocycles. The van der Waals surface area contributed by atoms with Gasteiger partial charge in [0.1, 0.15) is 0 Å².